The number of rotatable bonds is 3. The van der Waals surface area contributed by atoms with Crippen LogP contribution in [0.3, 0.4) is 0 Å². The van der Waals surface area contributed by atoms with Crippen molar-refractivity contribution in [1.82, 2.24) is 4.31 Å². The van der Waals surface area contributed by atoms with Crippen LogP contribution in [0.1, 0.15) is 25.1 Å². The molecule has 3 nitrogen and oxygen atoms in total. The van der Waals surface area contributed by atoms with Crippen LogP contribution in [0, 0.1) is 5.92 Å². The molecule has 1 saturated heterocycles. The van der Waals surface area contributed by atoms with Crippen LogP contribution in [-0.2, 0) is 15.9 Å². The molecule has 0 amide bonds. The van der Waals surface area contributed by atoms with Gasteiger partial charge in [0, 0.05) is 17.5 Å². The summed E-state index contributed by atoms with van der Waals surface area (Å²) in [4.78, 5) is 0.894. The zero-order valence-corrected chi connectivity index (χ0v) is 12.3. The summed E-state index contributed by atoms with van der Waals surface area (Å²) in [5, 5.41) is 0. The number of sulfonamides is 1. The van der Waals surface area contributed by atoms with Gasteiger partial charge in [0.25, 0.3) is 10.0 Å². The quantitative estimate of drug-likeness (QED) is 0.804. The van der Waals surface area contributed by atoms with Crippen molar-refractivity contribution in [2.45, 2.75) is 36.4 Å². The van der Waals surface area contributed by atoms with Crippen LogP contribution in [0.2, 0.25) is 0 Å². The Balaban J connectivity index is 2.30. The fourth-order valence-electron chi connectivity index (χ4n) is 2.28. The molecule has 0 bridgehead atoms. The molecule has 2 rings (SSSR count). The van der Waals surface area contributed by atoms with Crippen molar-refractivity contribution in [2.24, 2.45) is 5.92 Å². The third kappa shape index (κ3) is 2.52. The normalized spacial score (nSPS) is 26.5. The van der Waals surface area contributed by atoms with Crippen molar-refractivity contribution < 1.29 is 8.42 Å². The highest BCUT2D eigenvalue weighted by Crippen LogP contribution is 2.32. The lowest BCUT2D eigenvalue weighted by Gasteiger charge is -2.19. The number of halogens is 1. The maximum Gasteiger partial charge on any atom is 0.252 e. The Morgan fingerprint density at radius 1 is 1.47 bits per heavy atom. The van der Waals surface area contributed by atoms with E-state index in [2.05, 4.69) is 6.92 Å². The second kappa shape index (κ2) is 4.88. The molecule has 0 saturated carbocycles. The summed E-state index contributed by atoms with van der Waals surface area (Å²) >= 11 is 6.97. The molecule has 0 aromatic carbocycles. The van der Waals surface area contributed by atoms with Gasteiger partial charge in [-0.2, -0.15) is 4.31 Å². The first kappa shape index (κ1) is 13.3. The highest BCUT2D eigenvalue weighted by atomic mass is 35.5. The first-order valence-corrected chi connectivity index (χ1v) is 8.40. The van der Waals surface area contributed by atoms with Crippen molar-refractivity contribution in [2.75, 3.05) is 6.54 Å². The minimum atomic E-state index is -3.32. The van der Waals surface area contributed by atoms with E-state index in [0.29, 0.717) is 22.6 Å². The molecular formula is C11H16ClNO2S2. The van der Waals surface area contributed by atoms with E-state index in [9.17, 15) is 8.42 Å². The average molecular weight is 294 g/mol. The second-order valence-electron chi connectivity index (χ2n) is 4.62. The fraction of sp³-hybridized carbons (Fsp3) is 0.636. The van der Waals surface area contributed by atoms with Crippen molar-refractivity contribution in [3.8, 4) is 0 Å². The molecule has 1 aromatic heterocycles. The topological polar surface area (TPSA) is 37.4 Å². The summed E-state index contributed by atoms with van der Waals surface area (Å²) in [6.45, 7) is 4.68. The number of hydrogen-bond donors (Lipinski definition) is 0. The smallest absolute Gasteiger partial charge is 0.206 e. The molecule has 0 radical (unpaired) electrons. The molecule has 0 N–H and O–H groups in total. The average Bonchev–Trinajstić information content (AvgIpc) is 2.85. The molecule has 1 fully saturated rings. The van der Waals surface area contributed by atoms with Gasteiger partial charge >= 0.3 is 0 Å². The third-order valence-corrected chi connectivity index (χ3v) is 7.04. The van der Waals surface area contributed by atoms with Crippen molar-refractivity contribution in [3.05, 3.63) is 17.0 Å². The summed E-state index contributed by atoms with van der Waals surface area (Å²) in [7, 11) is -3.32. The van der Waals surface area contributed by atoms with Crippen LogP contribution < -0.4 is 0 Å². The predicted molar refractivity (Wildman–Crippen MR) is 71.0 cm³/mol. The summed E-state index contributed by atoms with van der Waals surface area (Å²) in [6.07, 6.45) is 0.937. The van der Waals surface area contributed by atoms with Gasteiger partial charge in [-0.05, 0) is 31.4 Å². The van der Waals surface area contributed by atoms with E-state index in [-0.39, 0.29) is 6.04 Å². The van der Waals surface area contributed by atoms with Crippen LogP contribution in [0.5, 0.6) is 0 Å². The van der Waals surface area contributed by atoms with Crippen LogP contribution in [0.25, 0.3) is 0 Å². The van der Waals surface area contributed by atoms with Gasteiger partial charge in [0.1, 0.15) is 4.21 Å². The zero-order valence-electron chi connectivity index (χ0n) is 9.89. The molecule has 0 aliphatic carbocycles. The summed E-state index contributed by atoms with van der Waals surface area (Å²) in [5.41, 5.74) is 0. The molecule has 2 heterocycles. The lowest BCUT2D eigenvalue weighted by molar-refractivity contribution is 0.407. The van der Waals surface area contributed by atoms with Gasteiger partial charge in [-0.3, -0.25) is 0 Å². The highest BCUT2D eigenvalue weighted by Gasteiger charge is 2.36. The Morgan fingerprint density at radius 3 is 2.65 bits per heavy atom. The molecule has 2 unspecified atom stereocenters. The minimum absolute atomic E-state index is 0.0940. The Labute approximate surface area is 111 Å². The van der Waals surface area contributed by atoms with E-state index >= 15 is 0 Å². The van der Waals surface area contributed by atoms with Gasteiger partial charge in [-0.25, -0.2) is 8.42 Å². The maximum absolute atomic E-state index is 12.4. The molecule has 0 spiro atoms. The number of nitrogens with zero attached hydrogens (tertiary/aromatic N) is 1. The molecule has 96 valence electrons. The van der Waals surface area contributed by atoms with Crippen LogP contribution in [0.4, 0.5) is 0 Å². The lowest BCUT2D eigenvalue weighted by Crippen LogP contribution is -2.33. The molecular weight excluding hydrogens is 278 g/mol. The Kier molecular flexibility index (Phi) is 3.83. The lowest BCUT2D eigenvalue weighted by atomic mass is 10.1. The van der Waals surface area contributed by atoms with Gasteiger partial charge < -0.3 is 0 Å². The van der Waals surface area contributed by atoms with E-state index in [1.165, 1.54) is 11.3 Å². The van der Waals surface area contributed by atoms with Gasteiger partial charge in [0.15, 0.2) is 0 Å². The third-order valence-electron chi connectivity index (χ3n) is 3.06. The summed E-state index contributed by atoms with van der Waals surface area (Å²) in [6, 6.07) is 3.54. The molecule has 1 aliphatic heterocycles. The standard InChI is InChI=1S/C11H16ClNO2S2/c1-8-5-9(2)13(7-8)17(14,15)11-4-3-10(6-12)16-11/h3-4,8-9H,5-7H2,1-2H3. The summed E-state index contributed by atoms with van der Waals surface area (Å²) in [5.74, 6) is 0.804. The van der Waals surface area contributed by atoms with Crippen LogP contribution in [-0.4, -0.2) is 25.3 Å². The van der Waals surface area contributed by atoms with Gasteiger partial charge in [0.2, 0.25) is 0 Å². The van der Waals surface area contributed by atoms with Crippen molar-refractivity contribution in [3.63, 3.8) is 0 Å². The SMILES string of the molecule is CC1CC(C)N(S(=O)(=O)c2ccc(CCl)s2)C1. The van der Waals surface area contributed by atoms with E-state index < -0.39 is 10.0 Å². The highest BCUT2D eigenvalue weighted by molar-refractivity contribution is 7.91. The van der Waals surface area contributed by atoms with Gasteiger partial charge in [-0.1, -0.05) is 6.92 Å². The predicted octanol–water partition coefficient (Wildman–Crippen LogP) is 2.91. The van der Waals surface area contributed by atoms with Gasteiger partial charge in [0.05, 0.1) is 5.88 Å². The molecule has 17 heavy (non-hydrogen) atoms. The van der Waals surface area contributed by atoms with E-state index in [4.69, 9.17) is 11.6 Å². The molecule has 1 aliphatic rings. The number of hydrogen-bond acceptors (Lipinski definition) is 3. The number of thiophene rings is 1. The molecule has 2 atom stereocenters. The largest absolute Gasteiger partial charge is 0.252 e. The van der Waals surface area contributed by atoms with E-state index in [1.54, 1.807) is 16.4 Å². The zero-order chi connectivity index (χ0) is 12.6. The van der Waals surface area contributed by atoms with Crippen LogP contribution >= 0.6 is 22.9 Å². The fourth-order valence-corrected chi connectivity index (χ4v) is 5.63. The summed E-state index contributed by atoms with van der Waals surface area (Å²) < 4.78 is 26.8. The molecule has 6 heteroatoms. The van der Waals surface area contributed by atoms with E-state index in [1.807, 2.05) is 6.92 Å². The van der Waals surface area contributed by atoms with Gasteiger partial charge in [-0.15, -0.1) is 22.9 Å². The van der Waals surface area contributed by atoms with Crippen molar-refractivity contribution >= 4 is 33.0 Å². The van der Waals surface area contributed by atoms with E-state index in [0.717, 1.165) is 11.3 Å². The first-order chi connectivity index (χ1) is 7.95. The Morgan fingerprint density at radius 2 is 2.18 bits per heavy atom. The second-order valence-corrected chi connectivity index (χ2v) is 8.17. The Bertz CT molecular complexity index is 497. The minimum Gasteiger partial charge on any atom is -0.206 e. The van der Waals surface area contributed by atoms with Crippen LogP contribution in [0.15, 0.2) is 16.3 Å². The monoisotopic (exact) mass is 293 g/mol. The van der Waals surface area contributed by atoms with Crippen molar-refractivity contribution in [1.29, 1.82) is 0 Å². The molecule has 1 aromatic rings. The Hall–Kier alpha value is -0.100. The number of alkyl halides is 1. The first-order valence-electron chi connectivity index (χ1n) is 5.61. The maximum atomic E-state index is 12.4.